The number of amides is 2. The van der Waals surface area contributed by atoms with Crippen molar-refractivity contribution in [3.63, 3.8) is 0 Å². The van der Waals surface area contributed by atoms with Crippen LogP contribution >= 0.6 is 22.7 Å². The molecule has 0 saturated heterocycles. The van der Waals surface area contributed by atoms with Crippen molar-refractivity contribution in [1.82, 2.24) is 10.6 Å². The Morgan fingerprint density at radius 3 is 1.41 bits per heavy atom. The Morgan fingerprint density at radius 1 is 0.594 bits per heavy atom. The number of hydrogen-bond acceptors (Lipinski definition) is 4. The molecule has 2 N–H and O–H groups in total. The van der Waals surface area contributed by atoms with E-state index in [1.807, 2.05) is 59.3 Å². The molecule has 2 aromatic carbocycles. The average molecular weight is 461 g/mol. The lowest BCUT2D eigenvalue weighted by molar-refractivity contribution is -0.122. The largest absolute Gasteiger partial charge is 0.354 e. The minimum Gasteiger partial charge on any atom is -0.354 e. The van der Waals surface area contributed by atoms with Crippen LogP contribution in [0.2, 0.25) is 0 Å². The van der Waals surface area contributed by atoms with E-state index in [2.05, 4.69) is 34.9 Å². The van der Waals surface area contributed by atoms with Gasteiger partial charge in [0.25, 0.3) is 0 Å². The molecule has 0 atom stereocenters. The molecule has 0 spiro atoms. The molecule has 2 aromatic heterocycles. The lowest BCUT2D eigenvalue weighted by atomic mass is 10.1. The van der Waals surface area contributed by atoms with Crippen LogP contribution in [0, 0.1) is 0 Å². The molecular formula is C26H24N2O2S2. The molecule has 0 aliphatic carbocycles. The number of benzene rings is 2. The van der Waals surface area contributed by atoms with Crippen LogP contribution < -0.4 is 10.6 Å². The summed E-state index contributed by atoms with van der Waals surface area (Å²) in [7, 11) is 0. The first-order valence-electron chi connectivity index (χ1n) is 10.5. The highest BCUT2D eigenvalue weighted by molar-refractivity contribution is 7.14. The molecule has 162 valence electrons. The van der Waals surface area contributed by atoms with Gasteiger partial charge in [-0.3, -0.25) is 9.59 Å². The van der Waals surface area contributed by atoms with Gasteiger partial charge in [-0.25, -0.2) is 0 Å². The lowest BCUT2D eigenvalue weighted by Gasteiger charge is -2.09. The Kier molecular flexibility index (Phi) is 7.48. The third-order valence-electron chi connectivity index (χ3n) is 5.04. The second-order valence-corrected chi connectivity index (χ2v) is 9.17. The summed E-state index contributed by atoms with van der Waals surface area (Å²) in [5.41, 5.74) is 4.30. The molecule has 4 nitrogen and oxygen atoms in total. The number of hydrogen-bond donors (Lipinski definition) is 2. The summed E-state index contributed by atoms with van der Waals surface area (Å²) < 4.78 is 0. The molecule has 6 heteroatoms. The zero-order valence-electron chi connectivity index (χ0n) is 17.5. The Morgan fingerprint density at radius 2 is 1.00 bits per heavy atom. The maximum absolute atomic E-state index is 12.4. The van der Waals surface area contributed by atoms with E-state index >= 15 is 0 Å². The predicted molar refractivity (Wildman–Crippen MR) is 133 cm³/mol. The lowest BCUT2D eigenvalue weighted by Crippen LogP contribution is -2.35. The normalized spacial score (nSPS) is 10.6. The maximum atomic E-state index is 12.4. The smallest absolute Gasteiger partial charge is 0.224 e. The van der Waals surface area contributed by atoms with Crippen LogP contribution in [0.4, 0.5) is 0 Å². The van der Waals surface area contributed by atoms with E-state index in [1.165, 1.54) is 0 Å². The number of thiophene rings is 2. The zero-order valence-corrected chi connectivity index (χ0v) is 19.2. The van der Waals surface area contributed by atoms with Crippen molar-refractivity contribution in [2.75, 3.05) is 13.1 Å². The van der Waals surface area contributed by atoms with Gasteiger partial charge in [0.15, 0.2) is 0 Å². The first-order chi connectivity index (χ1) is 15.7. The van der Waals surface area contributed by atoms with Crippen LogP contribution in [0.15, 0.2) is 83.6 Å². The summed E-state index contributed by atoms with van der Waals surface area (Å²) in [6, 6.07) is 24.2. The third kappa shape index (κ3) is 5.72. The molecule has 0 aliphatic rings. The van der Waals surface area contributed by atoms with Crippen LogP contribution in [0.5, 0.6) is 0 Å². The molecule has 32 heavy (non-hydrogen) atoms. The first kappa shape index (κ1) is 22.0. The average Bonchev–Trinajstić information content (AvgIpc) is 3.47. The third-order valence-corrected chi connectivity index (χ3v) is 7.05. The summed E-state index contributed by atoms with van der Waals surface area (Å²) in [5, 5.41) is 9.83. The molecule has 2 heterocycles. The Hall–Kier alpha value is -3.22. The Labute approximate surface area is 195 Å². The van der Waals surface area contributed by atoms with Crippen molar-refractivity contribution in [2.24, 2.45) is 0 Å². The summed E-state index contributed by atoms with van der Waals surface area (Å²) >= 11 is 3.28. The van der Waals surface area contributed by atoms with E-state index in [9.17, 15) is 9.59 Å². The van der Waals surface area contributed by atoms with Gasteiger partial charge in [-0.15, -0.1) is 22.7 Å². The topological polar surface area (TPSA) is 58.2 Å². The molecule has 0 unspecified atom stereocenters. The predicted octanol–water partition coefficient (Wildman–Crippen LogP) is 5.16. The quantitative estimate of drug-likeness (QED) is 0.339. The zero-order chi connectivity index (χ0) is 22.2. The summed E-state index contributed by atoms with van der Waals surface area (Å²) in [6.07, 6.45) is 0.661. The van der Waals surface area contributed by atoms with Crippen LogP contribution in [0.3, 0.4) is 0 Å². The molecule has 4 aromatic rings. The first-order valence-corrected chi connectivity index (χ1v) is 12.2. The summed E-state index contributed by atoms with van der Waals surface area (Å²) in [6.45, 7) is 0.815. The molecule has 2 amide bonds. The van der Waals surface area contributed by atoms with Gasteiger partial charge in [0.1, 0.15) is 0 Å². The van der Waals surface area contributed by atoms with Crippen LogP contribution in [-0.2, 0) is 22.4 Å². The standard InChI is InChI=1S/C26H24N2O2S2/c29-23(17-21-11-15-31-25(21)19-7-3-1-4-8-19)27-13-14-28-24(30)18-22-12-16-32-26(22)20-9-5-2-6-10-20/h1-12,15-16H,13-14,17-18H2,(H,27,29)(H,28,30). The monoisotopic (exact) mass is 460 g/mol. The van der Waals surface area contributed by atoms with Crippen molar-refractivity contribution in [1.29, 1.82) is 0 Å². The molecule has 0 bridgehead atoms. The minimum absolute atomic E-state index is 0.0426. The van der Waals surface area contributed by atoms with Crippen LogP contribution in [0.25, 0.3) is 20.9 Å². The van der Waals surface area contributed by atoms with Gasteiger partial charge in [0.2, 0.25) is 11.8 Å². The minimum atomic E-state index is -0.0426. The SMILES string of the molecule is O=C(Cc1ccsc1-c1ccccc1)NCCNC(=O)Cc1ccsc1-c1ccccc1. The van der Waals surface area contributed by atoms with Crippen molar-refractivity contribution in [2.45, 2.75) is 12.8 Å². The maximum Gasteiger partial charge on any atom is 0.224 e. The van der Waals surface area contributed by atoms with E-state index in [0.717, 1.165) is 32.0 Å². The highest BCUT2D eigenvalue weighted by atomic mass is 32.1. The molecule has 0 saturated carbocycles. The van der Waals surface area contributed by atoms with Crippen LogP contribution in [0.1, 0.15) is 11.1 Å². The Balaban J connectivity index is 1.22. The van der Waals surface area contributed by atoms with Gasteiger partial charge in [-0.1, -0.05) is 60.7 Å². The fourth-order valence-corrected chi connectivity index (χ4v) is 5.37. The summed E-state index contributed by atoms with van der Waals surface area (Å²) in [4.78, 5) is 27.0. The van der Waals surface area contributed by atoms with E-state index < -0.39 is 0 Å². The molecule has 4 rings (SSSR count). The fraction of sp³-hybridized carbons (Fsp3) is 0.154. The highest BCUT2D eigenvalue weighted by Crippen LogP contribution is 2.30. The number of carbonyl (C=O) groups is 2. The van der Waals surface area contributed by atoms with E-state index in [-0.39, 0.29) is 11.8 Å². The van der Waals surface area contributed by atoms with Gasteiger partial charge in [0, 0.05) is 22.8 Å². The second-order valence-electron chi connectivity index (χ2n) is 7.34. The van der Waals surface area contributed by atoms with Crippen molar-refractivity contribution >= 4 is 34.5 Å². The van der Waals surface area contributed by atoms with Crippen molar-refractivity contribution in [3.05, 3.63) is 94.7 Å². The van der Waals surface area contributed by atoms with Gasteiger partial charge in [-0.05, 0) is 45.1 Å². The van der Waals surface area contributed by atoms with Gasteiger partial charge in [-0.2, -0.15) is 0 Å². The van der Waals surface area contributed by atoms with E-state index in [1.54, 1.807) is 22.7 Å². The van der Waals surface area contributed by atoms with Gasteiger partial charge >= 0.3 is 0 Å². The second kappa shape index (κ2) is 10.9. The highest BCUT2D eigenvalue weighted by Gasteiger charge is 2.12. The molecule has 0 radical (unpaired) electrons. The number of nitrogens with one attached hydrogen (secondary N) is 2. The number of rotatable bonds is 9. The van der Waals surface area contributed by atoms with Crippen molar-refractivity contribution < 1.29 is 9.59 Å². The van der Waals surface area contributed by atoms with Gasteiger partial charge < -0.3 is 10.6 Å². The number of carbonyl (C=O) groups excluding carboxylic acids is 2. The van der Waals surface area contributed by atoms with Crippen LogP contribution in [-0.4, -0.2) is 24.9 Å². The summed E-state index contributed by atoms with van der Waals surface area (Å²) in [5.74, 6) is -0.0851. The molecular weight excluding hydrogens is 436 g/mol. The Bertz CT molecular complexity index is 1070. The fourth-order valence-electron chi connectivity index (χ4n) is 3.51. The molecule has 0 fully saturated rings. The van der Waals surface area contributed by atoms with Gasteiger partial charge in [0.05, 0.1) is 12.8 Å². The van der Waals surface area contributed by atoms with E-state index in [4.69, 9.17) is 0 Å². The van der Waals surface area contributed by atoms with Crippen molar-refractivity contribution in [3.8, 4) is 20.9 Å². The molecule has 0 aliphatic heterocycles. The van der Waals surface area contributed by atoms with E-state index in [0.29, 0.717) is 25.9 Å².